The molecule has 1 atom stereocenters. The largest absolute Gasteiger partial charge is 0.462 e. The van der Waals surface area contributed by atoms with E-state index in [0.29, 0.717) is 19.3 Å². The van der Waals surface area contributed by atoms with Gasteiger partial charge in [-0.15, -0.1) is 0 Å². The Morgan fingerprint density at radius 3 is 0.968 bits per heavy atom. The third kappa shape index (κ3) is 48.4. The zero-order valence-electron chi connectivity index (χ0n) is 41.1. The van der Waals surface area contributed by atoms with Crippen molar-refractivity contribution < 1.29 is 28.6 Å². The Morgan fingerprint density at radius 2 is 0.581 bits per heavy atom. The van der Waals surface area contributed by atoms with Crippen molar-refractivity contribution in [2.24, 2.45) is 0 Å². The van der Waals surface area contributed by atoms with Gasteiger partial charge >= 0.3 is 17.9 Å². The van der Waals surface area contributed by atoms with Crippen molar-refractivity contribution in [3.63, 3.8) is 0 Å². The van der Waals surface area contributed by atoms with Crippen LogP contribution in [0.15, 0.2) is 48.6 Å². The van der Waals surface area contributed by atoms with Crippen LogP contribution < -0.4 is 0 Å². The standard InChI is InChI=1S/C56H100O6/c1-4-7-10-13-16-19-22-25-27-28-29-32-34-37-40-43-46-49-55(58)61-52-53(51-60-54(57)48-45-42-39-36-33-30-24-21-18-15-12-9-6-3)62-56(59)50-47-44-41-38-35-31-26-23-20-17-14-11-8-5-2/h16,19,21,24-25,27,29,32,53H,4-15,17-18,20,22-23,26,28,30-31,33-52H2,1-3H3/b19-16+,24-21+,27-25+,32-29+/t53-/m1/s1. The maximum Gasteiger partial charge on any atom is 0.306 e. The molecular formula is C56H100O6. The maximum absolute atomic E-state index is 12.8. The van der Waals surface area contributed by atoms with Gasteiger partial charge in [-0.25, -0.2) is 0 Å². The molecule has 0 saturated heterocycles. The molecule has 0 aromatic heterocycles. The van der Waals surface area contributed by atoms with Crippen molar-refractivity contribution in [2.75, 3.05) is 13.2 Å². The fraction of sp³-hybridized carbons (Fsp3) is 0.804. The first kappa shape index (κ1) is 59.4. The van der Waals surface area contributed by atoms with Gasteiger partial charge in [-0.05, 0) is 83.5 Å². The minimum absolute atomic E-state index is 0.0825. The van der Waals surface area contributed by atoms with Crippen molar-refractivity contribution >= 4 is 17.9 Å². The molecule has 0 saturated carbocycles. The van der Waals surface area contributed by atoms with E-state index in [1.165, 1.54) is 141 Å². The first-order valence-corrected chi connectivity index (χ1v) is 26.6. The highest BCUT2D eigenvalue weighted by molar-refractivity contribution is 5.71. The lowest BCUT2D eigenvalue weighted by Gasteiger charge is -2.18. The molecule has 0 amide bonds. The molecule has 0 fully saturated rings. The molecule has 0 aromatic carbocycles. The second-order valence-electron chi connectivity index (χ2n) is 17.8. The Morgan fingerprint density at radius 1 is 0.323 bits per heavy atom. The minimum Gasteiger partial charge on any atom is -0.462 e. The Kier molecular flexibility index (Phi) is 48.8. The molecule has 0 aliphatic heterocycles. The molecule has 0 N–H and O–H groups in total. The van der Waals surface area contributed by atoms with Gasteiger partial charge in [0.05, 0.1) is 0 Å². The second-order valence-corrected chi connectivity index (χ2v) is 17.8. The van der Waals surface area contributed by atoms with E-state index in [1.807, 2.05) is 0 Å². The molecule has 0 bridgehead atoms. The number of hydrogen-bond donors (Lipinski definition) is 0. The molecule has 0 unspecified atom stereocenters. The lowest BCUT2D eigenvalue weighted by atomic mass is 10.0. The summed E-state index contributed by atoms with van der Waals surface area (Å²) in [4.78, 5) is 38.0. The highest BCUT2D eigenvalue weighted by atomic mass is 16.6. The summed E-state index contributed by atoms with van der Waals surface area (Å²) < 4.78 is 16.8. The summed E-state index contributed by atoms with van der Waals surface area (Å²) in [6, 6.07) is 0. The lowest BCUT2D eigenvalue weighted by molar-refractivity contribution is -0.167. The van der Waals surface area contributed by atoms with Gasteiger partial charge in [0.1, 0.15) is 13.2 Å². The van der Waals surface area contributed by atoms with E-state index < -0.39 is 6.10 Å². The topological polar surface area (TPSA) is 78.9 Å². The zero-order chi connectivity index (χ0) is 45.1. The quantitative estimate of drug-likeness (QED) is 0.0262. The number of carbonyl (C=O) groups excluding carboxylic acids is 3. The van der Waals surface area contributed by atoms with E-state index in [2.05, 4.69) is 69.4 Å². The normalized spacial score (nSPS) is 12.4. The first-order chi connectivity index (χ1) is 30.5. The molecule has 62 heavy (non-hydrogen) atoms. The van der Waals surface area contributed by atoms with Gasteiger partial charge in [-0.1, -0.05) is 217 Å². The molecule has 0 aromatic rings. The molecule has 0 aliphatic rings. The number of esters is 3. The van der Waals surface area contributed by atoms with Gasteiger partial charge in [0, 0.05) is 19.3 Å². The summed E-state index contributed by atoms with van der Waals surface area (Å²) in [6.07, 6.45) is 60.9. The predicted molar refractivity (Wildman–Crippen MR) is 265 cm³/mol. The Balaban J connectivity index is 4.40. The van der Waals surface area contributed by atoms with Gasteiger partial charge < -0.3 is 14.2 Å². The number of hydrogen-bond acceptors (Lipinski definition) is 6. The van der Waals surface area contributed by atoms with E-state index in [4.69, 9.17) is 14.2 Å². The fourth-order valence-electron chi connectivity index (χ4n) is 7.50. The Bertz CT molecular complexity index is 1090. The summed E-state index contributed by atoms with van der Waals surface area (Å²) in [7, 11) is 0. The fourth-order valence-corrected chi connectivity index (χ4v) is 7.50. The molecular weight excluding hydrogens is 769 g/mol. The third-order valence-electron chi connectivity index (χ3n) is 11.6. The van der Waals surface area contributed by atoms with Crippen LogP contribution in [0.3, 0.4) is 0 Å². The van der Waals surface area contributed by atoms with Gasteiger partial charge in [0.15, 0.2) is 6.10 Å². The number of unbranched alkanes of at least 4 members (excludes halogenated alkanes) is 29. The second kappa shape index (κ2) is 51.0. The smallest absolute Gasteiger partial charge is 0.306 e. The van der Waals surface area contributed by atoms with Crippen LogP contribution in [0.2, 0.25) is 0 Å². The molecule has 0 aliphatic carbocycles. The van der Waals surface area contributed by atoms with Crippen LogP contribution in [0.1, 0.15) is 271 Å². The average molecular weight is 869 g/mol. The van der Waals surface area contributed by atoms with E-state index in [1.54, 1.807) is 0 Å². The van der Waals surface area contributed by atoms with Crippen LogP contribution >= 0.6 is 0 Å². The summed E-state index contributed by atoms with van der Waals surface area (Å²) in [5.74, 6) is -0.903. The minimum atomic E-state index is -0.782. The molecule has 0 rings (SSSR count). The highest BCUT2D eigenvalue weighted by Crippen LogP contribution is 2.15. The van der Waals surface area contributed by atoms with Gasteiger partial charge in [-0.3, -0.25) is 14.4 Å². The van der Waals surface area contributed by atoms with Gasteiger partial charge in [-0.2, -0.15) is 0 Å². The predicted octanol–water partition coefficient (Wildman–Crippen LogP) is 17.5. The van der Waals surface area contributed by atoms with Crippen LogP contribution in [0.5, 0.6) is 0 Å². The van der Waals surface area contributed by atoms with Crippen molar-refractivity contribution in [2.45, 2.75) is 277 Å². The van der Waals surface area contributed by atoms with Gasteiger partial charge in [0.2, 0.25) is 0 Å². The van der Waals surface area contributed by atoms with Crippen LogP contribution in [0, 0.1) is 0 Å². The van der Waals surface area contributed by atoms with Crippen molar-refractivity contribution in [3.8, 4) is 0 Å². The van der Waals surface area contributed by atoms with Crippen molar-refractivity contribution in [1.29, 1.82) is 0 Å². The zero-order valence-corrected chi connectivity index (χ0v) is 41.1. The van der Waals surface area contributed by atoms with E-state index in [9.17, 15) is 14.4 Å². The molecule has 0 radical (unpaired) electrons. The summed E-state index contributed by atoms with van der Waals surface area (Å²) in [6.45, 7) is 6.59. The van der Waals surface area contributed by atoms with E-state index >= 15 is 0 Å². The maximum atomic E-state index is 12.8. The summed E-state index contributed by atoms with van der Waals surface area (Å²) in [5.41, 5.74) is 0. The van der Waals surface area contributed by atoms with Crippen molar-refractivity contribution in [3.05, 3.63) is 48.6 Å². The molecule has 6 nitrogen and oxygen atoms in total. The number of ether oxygens (including phenoxy) is 3. The van der Waals surface area contributed by atoms with Crippen molar-refractivity contribution in [1.82, 2.24) is 0 Å². The third-order valence-corrected chi connectivity index (χ3v) is 11.6. The average Bonchev–Trinajstić information content (AvgIpc) is 3.27. The monoisotopic (exact) mass is 869 g/mol. The van der Waals surface area contributed by atoms with Crippen LogP contribution in [0.25, 0.3) is 0 Å². The number of carbonyl (C=O) groups is 3. The first-order valence-electron chi connectivity index (χ1n) is 26.6. The Labute approximate surface area is 384 Å². The molecule has 360 valence electrons. The lowest BCUT2D eigenvalue weighted by Crippen LogP contribution is -2.30. The van der Waals surface area contributed by atoms with Crippen LogP contribution in [-0.4, -0.2) is 37.2 Å². The number of allylic oxidation sites excluding steroid dienone is 8. The Hall–Kier alpha value is -2.63. The van der Waals surface area contributed by atoms with E-state index in [0.717, 1.165) is 89.9 Å². The SMILES string of the molecule is CCCCC/C=C/C/C=C/C/C=C/CCCCCCC(=O)OC[C@@H](COC(=O)CCCCCCC/C=C/CCCCCC)OC(=O)CCCCCCCCCCCCCCCC. The molecule has 0 spiro atoms. The molecule has 0 heterocycles. The summed E-state index contributed by atoms with van der Waals surface area (Å²) >= 11 is 0. The summed E-state index contributed by atoms with van der Waals surface area (Å²) in [5, 5.41) is 0. The van der Waals surface area contributed by atoms with E-state index in [-0.39, 0.29) is 31.1 Å². The molecule has 6 heteroatoms. The van der Waals surface area contributed by atoms with Gasteiger partial charge in [0.25, 0.3) is 0 Å². The highest BCUT2D eigenvalue weighted by Gasteiger charge is 2.19. The van der Waals surface area contributed by atoms with Crippen LogP contribution in [-0.2, 0) is 28.6 Å². The van der Waals surface area contributed by atoms with Crippen LogP contribution in [0.4, 0.5) is 0 Å². The number of rotatable bonds is 48.